The van der Waals surface area contributed by atoms with Gasteiger partial charge in [-0.1, -0.05) is 36.4 Å². The van der Waals surface area contributed by atoms with Crippen LogP contribution < -0.4 is 10.6 Å². The van der Waals surface area contributed by atoms with Gasteiger partial charge in [-0.3, -0.25) is 9.59 Å². The number of rotatable bonds is 10. The summed E-state index contributed by atoms with van der Waals surface area (Å²) in [5.74, 6) is -0.370. The van der Waals surface area contributed by atoms with Gasteiger partial charge in [-0.15, -0.1) is 11.3 Å². The molecule has 0 spiro atoms. The fourth-order valence-electron chi connectivity index (χ4n) is 2.29. The van der Waals surface area contributed by atoms with Gasteiger partial charge >= 0.3 is 0 Å². The van der Waals surface area contributed by atoms with E-state index in [0.717, 1.165) is 5.56 Å². The van der Waals surface area contributed by atoms with Crippen LogP contribution in [0.4, 0.5) is 0 Å². The van der Waals surface area contributed by atoms with Crippen molar-refractivity contribution in [2.24, 2.45) is 0 Å². The molecule has 0 saturated carbocycles. The maximum Gasteiger partial charge on any atom is 0.261 e. The molecule has 0 bridgehead atoms. The van der Waals surface area contributed by atoms with Gasteiger partial charge < -0.3 is 10.6 Å². The van der Waals surface area contributed by atoms with Crippen LogP contribution in [0.15, 0.2) is 47.8 Å². The van der Waals surface area contributed by atoms with Gasteiger partial charge in [0.1, 0.15) is 0 Å². The number of carbonyl (C=O) groups is 2. The summed E-state index contributed by atoms with van der Waals surface area (Å²) in [6, 6.07) is 12.5. The quantitative estimate of drug-likeness (QED) is 0.603. The highest BCUT2D eigenvalue weighted by Gasteiger charge is 2.12. The average Bonchev–Trinajstić information content (AvgIpc) is 3.14. The van der Waals surface area contributed by atoms with E-state index in [1.807, 2.05) is 23.6 Å². The first-order chi connectivity index (χ1) is 12.5. The van der Waals surface area contributed by atoms with Crippen molar-refractivity contribution in [3.05, 3.63) is 58.3 Å². The van der Waals surface area contributed by atoms with E-state index in [0.29, 0.717) is 17.8 Å². The molecule has 0 radical (unpaired) electrons. The molecule has 1 aromatic heterocycles. The lowest BCUT2D eigenvalue weighted by atomic mass is 10.2. The van der Waals surface area contributed by atoms with Crippen molar-refractivity contribution >= 4 is 33.0 Å². The molecule has 0 aliphatic carbocycles. The summed E-state index contributed by atoms with van der Waals surface area (Å²) in [5, 5.41) is 7.16. The van der Waals surface area contributed by atoms with Gasteiger partial charge in [0, 0.05) is 19.5 Å². The summed E-state index contributed by atoms with van der Waals surface area (Å²) in [6.07, 6.45) is 0.524. The molecule has 140 valence electrons. The van der Waals surface area contributed by atoms with E-state index in [-0.39, 0.29) is 36.3 Å². The normalized spacial score (nSPS) is 11.1. The first-order valence-electron chi connectivity index (χ1n) is 8.29. The fraction of sp³-hybridized carbons (Fsp3) is 0.333. The molecular formula is C18H22N2O4S2. The van der Waals surface area contributed by atoms with Crippen molar-refractivity contribution in [2.45, 2.75) is 18.6 Å². The third-order valence-electron chi connectivity index (χ3n) is 3.57. The number of benzene rings is 1. The van der Waals surface area contributed by atoms with Crippen molar-refractivity contribution in [1.82, 2.24) is 10.6 Å². The van der Waals surface area contributed by atoms with Crippen LogP contribution in [0.5, 0.6) is 0 Å². The smallest absolute Gasteiger partial charge is 0.261 e. The highest BCUT2D eigenvalue weighted by molar-refractivity contribution is 7.90. The van der Waals surface area contributed by atoms with E-state index in [1.165, 1.54) is 11.3 Å². The van der Waals surface area contributed by atoms with E-state index >= 15 is 0 Å². The number of amides is 2. The van der Waals surface area contributed by atoms with E-state index in [1.54, 1.807) is 24.3 Å². The van der Waals surface area contributed by atoms with Crippen LogP contribution in [-0.4, -0.2) is 39.1 Å². The Morgan fingerprint density at radius 2 is 1.73 bits per heavy atom. The molecule has 1 aromatic carbocycles. The average molecular weight is 395 g/mol. The SMILES string of the molecule is O=C(CCNC(=O)c1cccs1)NCCCS(=O)(=O)Cc1ccccc1. The Hall–Kier alpha value is -2.19. The second-order valence-corrected chi connectivity index (χ2v) is 8.90. The Morgan fingerprint density at radius 3 is 2.42 bits per heavy atom. The standard InChI is InChI=1S/C18H22N2O4S2/c21-17(9-11-20-18(22)16-8-4-12-25-16)19-10-5-13-26(23,24)14-15-6-2-1-3-7-15/h1-4,6-8,12H,5,9-11,13-14H2,(H,19,21)(H,20,22). The van der Waals surface area contributed by atoms with Gasteiger partial charge in [-0.2, -0.15) is 0 Å². The number of sulfone groups is 1. The molecule has 2 rings (SSSR count). The Labute approximate surface area is 157 Å². The first-order valence-corrected chi connectivity index (χ1v) is 11.0. The molecule has 0 aliphatic rings. The fourth-order valence-corrected chi connectivity index (χ4v) is 4.36. The van der Waals surface area contributed by atoms with Crippen LogP contribution in [0.2, 0.25) is 0 Å². The Kier molecular flexibility index (Phi) is 7.80. The van der Waals surface area contributed by atoms with E-state index in [4.69, 9.17) is 0 Å². The van der Waals surface area contributed by atoms with Crippen molar-refractivity contribution in [3.8, 4) is 0 Å². The van der Waals surface area contributed by atoms with Gasteiger partial charge in [0.25, 0.3) is 5.91 Å². The van der Waals surface area contributed by atoms with Crippen molar-refractivity contribution in [2.75, 3.05) is 18.8 Å². The summed E-state index contributed by atoms with van der Waals surface area (Å²) in [6.45, 7) is 0.542. The monoisotopic (exact) mass is 394 g/mol. The molecule has 2 aromatic rings. The van der Waals surface area contributed by atoms with Crippen LogP contribution in [0.3, 0.4) is 0 Å². The summed E-state index contributed by atoms with van der Waals surface area (Å²) >= 11 is 1.34. The van der Waals surface area contributed by atoms with Gasteiger partial charge in [0.2, 0.25) is 5.91 Å². The highest BCUT2D eigenvalue weighted by Crippen LogP contribution is 2.08. The van der Waals surface area contributed by atoms with Crippen LogP contribution >= 0.6 is 11.3 Å². The number of hydrogen-bond donors (Lipinski definition) is 2. The summed E-state index contributed by atoms with van der Waals surface area (Å²) in [5.41, 5.74) is 0.762. The second kappa shape index (κ2) is 10.1. The number of thiophene rings is 1. The summed E-state index contributed by atoms with van der Waals surface area (Å²) in [7, 11) is -3.19. The van der Waals surface area contributed by atoms with E-state index in [2.05, 4.69) is 10.6 Å². The van der Waals surface area contributed by atoms with Crippen molar-refractivity contribution in [3.63, 3.8) is 0 Å². The molecule has 2 N–H and O–H groups in total. The number of carbonyl (C=O) groups excluding carboxylic acids is 2. The highest BCUT2D eigenvalue weighted by atomic mass is 32.2. The van der Waals surface area contributed by atoms with Gasteiger partial charge in [-0.25, -0.2) is 8.42 Å². The van der Waals surface area contributed by atoms with Gasteiger partial charge in [0.15, 0.2) is 9.84 Å². The molecule has 0 unspecified atom stereocenters. The minimum absolute atomic E-state index is 0.0105. The zero-order chi connectivity index (χ0) is 18.8. The zero-order valence-corrected chi connectivity index (χ0v) is 15.9. The lowest BCUT2D eigenvalue weighted by Crippen LogP contribution is -2.31. The molecule has 0 atom stereocenters. The van der Waals surface area contributed by atoms with Gasteiger partial charge in [-0.05, 0) is 23.4 Å². The van der Waals surface area contributed by atoms with Crippen LogP contribution in [0.1, 0.15) is 28.1 Å². The minimum Gasteiger partial charge on any atom is -0.356 e. The van der Waals surface area contributed by atoms with Crippen molar-refractivity contribution in [1.29, 1.82) is 0 Å². The van der Waals surface area contributed by atoms with Crippen LogP contribution in [0, 0.1) is 0 Å². The minimum atomic E-state index is -3.19. The van der Waals surface area contributed by atoms with Crippen molar-refractivity contribution < 1.29 is 18.0 Å². The first kappa shape index (κ1) is 20.1. The number of nitrogens with one attached hydrogen (secondary N) is 2. The largest absolute Gasteiger partial charge is 0.356 e. The number of hydrogen-bond acceptors (Lipinski definition) is 5. The second-order valence-electron chi connectivity index (χ2n) is 5.76. The third-order valence-corrected chi connectivity index (χ3v) is 6.12. The third kappa shape index (κ3) is 7.37. The molecule has 26 heavy (non-hydrogen) atoms. The maximum absolute atomic E-state index is 12.0. The van der Waals surface area contributed by atoms with Crippen LogP contribution in [-0.2, 0) is 20.4 Å². The van der Waals surface area contributed by atoms with E-state index < -0.39 is 9.84 Å². The molecule has 0 aliphatic heterocycles. The molecule has 8 heteroatoms. The maximum atomic E-state index is 12.0. The summed E-state index contributed by atoms with van der Waals surface area (Å²) in [4.78, 5) is 24.0. The predicted octanol–water partition coefficient (Wildman–Crippen LogP) is 1.99. The predicted molar refractivity (Wildman–Crippen MR) is 103 cm³/mol. The summed E-state index contributed by atoms with van der Waals surface area (Å²) < 4.78 is 24.1. The molecule has 0 saturated heterocycles. The zero-order valence-electron chi connectivity index (χ0n) is 14.3. The van der Waals surface area contributed by atoms with E-state index in [9.17, 15) is 18.0 Å². The Bertz CT molecular complexity index is 803. The molecule has 0 fully saturated rings. The molecule has 6 nitrogen and oxygen atoms in total. The molecule has 2 amide bonds. The Morgan fingerprint density at radius 1 is 0.962 bits per heavy atom. The van der Waals surface area contributed by atoms with Gasteiger partial charge in [0.05, 0.1) is 16.4 Å². The van der Waals surface area contributed by atoms with Crippen LogP contribution in [0.25, 0.3) is 0 Å². The molecular weight excluding hydrogens is 372 g/mol. The molecule has 1 heterocycles. The topological polar surface area (TPSA) is 92.3 Å². The lowest BCUT2D eigenvalue weighted by Gasteiger charge is -2.07. The Balaban J connectivity index is 1.58. The lowest BCUT2D eigenvalue weighted by molar-refractivity contribution is -0.120.